The van der Waals surface area contributed by atoms with Crippen LogP contribution in [0.4, 0.5) is 4.39 Å². The Balaban J connectivity index is 2.58. The summed E-state index contributed by atoms with van der Waals surface area (Å²) in [4.78, 5) is 0. The van der Waals surface area contributed by atoms with Gasteiger partial charge in [0.2, 0.25) is 10.0 Å². The van der Waals surface area contributed by atoms with Gasteiger partial charge in [0.1, 0.15) is 5.82 Å². The van der Waals surface area contributed by atoms with Crippen molar-refractivity contribution in [2.45, 2.75) is 26.3 Å². The normalized spacial score (nSPS) is 11.7. The fraction of sp³-hybridized carbons (Fsp3) is 0.455. The number of hydrogen-bond donors (Lipinski definition) is 1. The molecule has 0 amide bonds. The highest BCUT2D eigenvalue weighted by Crippen LogP contribution is 2.15. The first kappa shape index (κ1) is 14.4. The number of nitrogens with one attached hydrogen (secondary N) is 1. The van der Waals surface area contributed by atoms with E-state index in [9.17, 15) is 12.8 Å². The molecule has 6 heteroatoms. The van der Waals surface area contributed by atoms with E-state index in [0.29, 0.717) is 12.0 Å². The van der Waals surface area contributed by atoms with Gasteiger partial charge < -0.3 is 0 Å². The van der Waals surface area contributed by atoms with E-state index < -0.39 is 15.8 Å². The van der Waals surface area contributed by atoms with Crippen LogP contribution in [0.3, 0.4) is 0 Å². The van der Waals surface area contributed by atoms with Gasteiger partial charge in [0.15, 0.2) is 0 Å². The first-order chi connectivity index (χ1) is 7.94. The van der Waals surface area contributed by atoms with Gasteiger partial charge in [0.25, 0.3) is 0 Å². The van der Waals surface area contributed by atoms with Crippen LogP contribution in [0.25, 0.3) is 0 Å². The summed E-state index contributed by atoms with van der Waals surface area (Å²) < 4.78 is 38.3. The summed E-state index contributed by atoms with van der Waals surface area (Å²) in [7, 11) is -3.25. The highest BCUT2D eigenvalue weighted by atomic mass is 35.5. The molecule has 0 saturated heterocycles. The van der Waals surface area contributed by atoms with Gasteiger partial charge >= 0.3 is 0 Å². The van der Waals surface area contributed by atoms with Crippen molar-refractivity contribution in [1.29, 1.82) is 0 Å². The van der Waals surface area contributed by atoms with Crippen molar-refractivity contribution in [2.75, 3.05) is 5.75 Å². The lowest BCUT2D eigenvalue weighted by atomic mass is 10.2. The Morgan fingerprint density at radius 2 is 2.12 bits per heavy atom. The van der Waals surface area contributed by atoms with Crippen molar-refractivity contribution in [3.8, 4) is 0 Å². The summed E-state index contributed by atoms with van der Waals surface area (Å²) >= 11 is 5.60. The molecule has 1 rings (SSSR count). The average Bonchev–Trinajstić information content (AvgIpc) is 2.28. The fourth-order valence-electron chi connectivity index (χ4n) is 1.25. The molecule has 0 aliphatic heterocycles. The summed E-state index contributed by atoms with van der Waals surface area (Å²) in [5.41, 5.74) is 0.636. The number of hydrogen-bond acceptors (Lipinski definition) is 2. The summed E-state index contributed by atoms with van der Waals surface area (Å²) in [6.07, 6.45) is 1.45. The van der Waals surface area contributed by atoms with Gasteiger partial charge in [-0.15, -0.1) is 0 Å². The number of unbranched alkanes of at least 4 members (excludes halogenated alkanes) is 1. The molecule has 3 nitrogen and oxygen atoms in total. The molecule has 96 valence electrons. The summed E-state index contributed by atoms with van der Waals surface area (Å²) in [5.74, 6) is -0.400. The van der Waals surface area contributed by atoms with Crippen LogP contribution in [0.2, 0.25) is 5.02 Å². The minimum Gasteiger partial charge on any atom is -0.212 e. The minimum atomic E-state index is -3.25. The number of sulfonamides is 1. The SMILES string of the molecule is CCCCS(=O)(=O)NCc1ccc(F)c(Cl)c1. The molecule has 1 aromatic carbocycles. The quantitative estimate of drug-likeness (QED) is 0.870. The molecule has 1 N–H and O–H groups in total. The van der Waals surface area contributed by atoms with Crippen LogP contribution in [0, 0.1) is 5.82 Å². The predicted molar refractivity (Wildman–Crippen MR) is 66.9 cm³/mol. The second-order valence-corrected chi connectivity index (χ2v) is 6.08. The van der Waals surface area contributed by atoms with E-state index in [1.807, 2.05) is 6.92 Å². The minimum absolute atomic E-state index is 0.00439. The molecular weight excluding hydrogens is 265 g/mol. The van der Waals surface area contributed by atoms with Crippen molar-refractivity contribution >= 4 is 21.6 Å². The molecule has 0 bridgehead atoms. The summed E-state index contributed by atoms with van der Waals surface area (Å²) in [6, 6.07) is 4.14. The molecule has 0 spiro atoms. The Labute approximate surface area is 106 Å². The zero-order valence-corrected chi connectivity index (χ0v) is 11.1. The number of halogens is 2. The third-order valence-electron chi connectivity index (χ3n) is 2.25. The van der Waals surface area contributed by atoms with Crippen molar-refractivity contribution in [2.24, 2.45) is 0 Å². The molecule has 0 fully saturated rings. The smallest absolute Gasteiger partial charge is 0.211 e. The summed E-state index contributed by atoms with van der Waals surface area (Å²) in [5, 5.41) is -0.00439. The number of rotatable bonds is 6. The van der Waals surface area contributed by atoms with E-state index in [1.54, 1.807) is 0 Å². The lowest BCUT2D eigenvalue weighted by Crippen LogP contribution is -2.25. The summed E-state index contributed by atoms with van der Waals surface area (Å²) in [6.45, 7) is 2.06. The maximum Gasteiger partial charge on any atom is 0.211 e. The van der Waals surface area contributed by atoms with Gasteiger partial charge in [0.05, 0.1) is 10.8 Å². The van der Waals surface area contributed by atoms with Crippen molar-refractivity contribution in [1.82, 2.24) is 4.72 Å². The van der Waals surface area contributed by atoms with Gasteiger partial charge in [-0.1, -0.05) is 31.0 Å². The van der Waals surface area contributed by atoms with Crippen molar-refractivity contribution < 1.29 is 12.8 Å². The van der Waals surface area contributed by atoms with Gasteiger partial charge in [-0.2, -0.15) is 0 Å². The van der Waals surface area contributed by atoms with Crippen molar-refractivity contribution in [3.63, 3.8) is 0 Å². The maximum absolute atomic E-state index is 12.9. The molecule has 0 aliphatic carbocycles. The van der Waals surface area contributed by atoms with Gasteiger partial charge in [-0.3, -0.25) is 0 Å². The molecule has 0 saturated carbocycles. The first-order valence-corrected chi connectivity index (χ1v) is 7.39. The zero-order valence-electron chi connectivity index (χ0n) is 9.54. The Morgan fingerprint density at radius 1 is 1.41 bits per heavy atom. The molecule has 0 aromatic heterocycles. The van der Waals surface area contributed by atoms with E-state index in [4.69, 9.17) is 11.6 Å². The second-order valence-electron chi connectivity index (χ2n) is 3.74. The van der Waals surface area contributed by atoms with Gasteiger partial charge in [0, 0.05) is 6.54 Å². The largest absolute Gasteiger partial charge is 0.212 e. The zero-order chi connectivity index (χ0) is 12.9. The van der Waals surface area contributed by atoms with E-state index in [1.165, 1.54) is 18.2 Å². The average molecular weight is 280 g/mol. The van der Waals surface area contributed by atoms with Crippen LogP contribution in [0.15, 0.2) is 18.2 Å². The Hall–Kier alpha value is -0.650. The van der Waals surface area contributed by atoms with Crippen LogP contribution in [0.1, 0.15) is 25.3 Å². The van der Waals surface area contributed by atoms with Crippen LogP contribution < -0.4 is 4.72 Å². The lowest BCUT2D eigenvalue weighted by molar-refractivity contribution is 0.578. The Morgan fingerprint density at radius 3 is 2.71 bits per heavy atom. The second kappa shape index (κ2) is 6.33. The Kier molecular flexibility index (Phi) is 5.36. The molecule has 0 radical (unpaired) electrons. The lowest BCUT2D eigenvalue weighted by Gasteiger charge is -2.06. The van der Waals surface area contributed by atoms with Crippen LogP contribution >= 0.6 is 11.6 Å². The molecule has 0 aliphatic rings. The standard InChI is InChI=1S/C11H15ClFNO2S/c1-2-3-6-17(15,16)14-8-9-4-5-11(13)10(12)7-9/h4-5,7,14H,2-3,6,8H2,1H3. The van der Waals surface area contributed by atoms with Gasteiger partial charge in [-0.25, -0.2) is 17.5 Å². The van der Waals surface area contributed by atoms with E-state index in [-0.39, 0.29) is 17.3 Å². The monoisotopic (exact) mass is 279 g/mol. The van der Waals surface area contributed by atoms with Gasteiger partial charge in [-0.05, 0) is 24.1 Å². The maximum atomic E-state index is 12.9. The molecule has 1 aromatic rings. The number of benzene rings is 1. The van der Waals surface area contributed by atoms with E-state index >= 15 is 0 Å². The van der Waals surface area contributed by atoms with E-state index in [2.05, 4.69) is 4.72 Å². The third-order valence-corrected chi connectivity index (χ3v) is 3.95. The Bertz CT molecular complexity index is 476. The third kappa shape index (κ3) is 5.02. The highest BCUT2D eigenvalue weighted by molar-refractivity contribution is 7.89. The molecule has 17 heavy (non-hydrogen) atoms. The highest BCUT2D eigenvalue weighted by Gasteiger charge is 2.09. The van der Waals surface area contributed by atoms with Crippen LogP contribution in [-0.2, 0) is 16.6 Å². The predicted octanol–water partition coefficient (Wildman–Crippen LogP) is 2.70. The first-order valence-electron chi connectivity index (χ1n) is 5.36. The van der Waals surface area contributed by atoms with Crippen LogP contribution in [0.5, 0.6) is 0 Å². The van der Waals surface area contributed by atoms with E-state index in [0.717, 1.165) is 6.42 Å². The fourth-order valence-corrected chi connectivity index (χ4v) is 2.65. The van der Waals surface area contributed by atoms with Crippen molar-refractivity contribution in [3.05, 3.63) is 34.6 Å². The molecule has 0 atom stereocenters. The molecular formula is C11H15ClFNO2S. The molecule has 0 heterocycles. The topological polar surface area (TPSA) is 46.2 Å². The van der Waals surface area contributed by atoms with Crippen LogP contribution in [-0.4, -0.2) is 14.2 Å². The molecule has 0 unspecified atom stereocenters.